The van der Waals surface area contributed by atoms with Crippen molar-refractivity contribution in [3.05, 3.63) is 35.9 Å². The molecule has 1 fully saturated rings. The van der Waals surface area contributed by atoms with Crippen LogP contribution >= 0.6 is 0 Å². The zero-order valence-corrected chi connectivity index (χ0v) is 15.7. The van der Waals surface area contributed by atoms with E-state index in [0.717, 1.165) is 6.07 Å². The fourth-order valence-corrected chi connectivity index (χ4v) is 3.07. The van der Waals surface area contributed by atoms with E-state index in [1.165, 1.54) is 12.1 Å². The largest absolute Gasteiger partial charge is 0.460 e. The van der Waals surface area contributed by atoms with Crippen molar-refractivity contribution < 1.29 is 22.7 Å². The van der Waals surface area contributed by atoms with Crippen molar-refractivity contribution in [1.82, 2.24) is 0 Å². The standard InChI is InChI=1S/C20H26F3NO2/c1-13(2)16-7-6-15(20(21,22)23)12-17(16)24-10-8-14(9-11-24)18(25)26-19(3,4)5/h6-7,12,14H,1,8-11H2,2-5H3. The highest BCUT2D eigenvalue weighted by Crippen LogP contribution is 2.37. The van der Waals surface area contributed by atoms with Crippen molar-refractivity contribution in [2.45, 2.75) is 52.3 Å². The lowest BCUT2D eigenvalue weighted by molar-refractivity contribution is -0.160. The molecule has 0 bridgehead atoms. The second kappa shape index (κ2) is 7.33. The number of allylic oxidation sites excluding steroid dienone is 1. The fourth-order valence-electron chi connectivity index (χ4n) is 3.07. The van der Waals surface area contributed by atoms with Gasteiger partial charge in [0.1, 0.15) is 5.60 Å². The number of benzene rings is 1. The molecule has 1 aromatic rings. The molecule has 0 N–H and O–H groups in total. The topological polar surface area (TPSA) is 29.5 Å². The van der Waals surface area contributed by atoms with Crippen molar-refractivity contribution in [3.63, 3.8) is 0 Å². The highest BCUT2D eigenvalue weighted by atomic mass is 19.4. The molecular formula is C20H26F3NO2. The number of anilines is 1. The summed E-state index contributed by atoms with van der Waals surface area (Å²) in [4.78, 5) is 14.1. The summed E-state index contributed by atoms with van der Waals surface area (Å²) in [6, 6.07) is 3.74. The van der Waals surface area contributed by atoms with Crippen LogP contribution in [0.2, 0.25) is 0 Å². The number of esters is 1. The van der Waals surface area contributed by atoms with E-state index >= 15 is 0 Å². The Morgan fingerprint density at radius 3 is 2.23 bits per heavy atom. The van der Waals surface area contributed by atoms with Gasteiger partial charge in [-0.05, 0) is 58.2 Å². The predicted molar refractivity (Wildman–Crippen MR) is 96.9 cm³/mol. The Kier molecular flexibility index (Phi) is 5.73. The van der Waals surface area contributed by atoms with E-state index in [9.17, 15) is 18.0 Å². The minimum Gasteiger partial charge on any atom is -0.460 e. The van der Waals surface area contributed by atoms with Crippen LogP contribution in [0, 0.1) is 5.92 Å². The molecule has 0 radical (unpaired) electrons. The zero-order valence-electron chi connectivity index (χ0n) is 15.7. The normalized spacial score (nSPS) is 16.5. The Labute approximate surface area is 152 Å². The first kappa shape index (κ1) is 20.3. The average molecular weight is 369 g/mol. The Morgan fingerprint density at radius 1 is 1.19 bits per heavy atom. The second-order valence-corrected chi connectivity index (χ2v) is 7.80. The predicted octanol–water partition coefficient (Wildman–Crippen LogP) is 5.30. The molecule has 0 saturated carbocycles. The smallest absolute Gasteiger partial charge is 0.416 e. The molecule has 144 valence electrons. The Hall–Kier alpha value is -1.98. The molecule has 0 aliphatic carbocycles. The van der Waals surface area contributed by atoms with Crippen molar-refractivity contribution in [3.8, 4) is 0 Å². The van der Waals surface area contributed by atoms with Gasteiger partial charge in [0.25, 0.3) is 0 Å². The lowest BCUT2D eigenvalue weighted by atomic mass is 9.94. The first-order chi connectivity index (χ1) is 11.9. The molecule has 1 heterocycles. The summed E-state index contributed by atoms with van der Waals surface area (Å²) < 4.78 is 44.7. The van der Waals surface area contributed by atoms with Crippen molar-refractivity contribution in [2.24, 2.45) is 5.92 Å². The summed E-state index contributed by atoms with van der Waals surface area (Å²) in [6.45, 7) is 12.1. The van der Waals surface area contributed by atoms with Crippen LogP contribution in [0.5, 0.6) is 0 Å². The minimum absolute atomic E-state index is 0.218. The van der Waals surface area contributed by atoms with E-state index < -0.39 is 17.3 Å². The molecule has 26 heavy (non-hydrogen) atoms. The molecule has 6 heteroatoms. The number of hydrogen-bond donors (Lipinski definition) is 0. The number of halogens is 3. The van der Waals surface area contributed by atoms with E-state index in [1.54, 1.807) is 6.92 Å². The van der Waals surface area contributed by atoms with Gasteiger partial charge in [0.05, 0.1) is 11.5 Å². The van der Waals surface area contributed by atoms with Crippen LogP contribution in [0.3, 0.4) is 0 Å². The highest BCUT2D eigenvalue weighted by Gasteiger charge is 2.33. The third-order valence-electron chi connectivity index (χ3n) is 4.36. The van der Waals surface area contributed by atoms with Gasteiger partial charge in [-0.2, -0.15) is 13.2 Å². The van der Waals surface area contributed by atoms with Gasteiger partial charge in [-0.15, -0.1) is 0 Å². The van der Waals surface area contributed by atoms with Crippen LogP contribution in [-0.2, 0) is 15.7 Å². The number of hydrogen-bond acceptors (Lipinski definition) is 3. The Morgan fingerprint density at radius 2 is 1.77 bits per heavy atom. The number of ether oxygens (including phenoxy) is 1. The van der Waals surface area contributed by atoms with E-state index in [2.05, 4.69) is 6.58 Å². The van der Waals surface area contributed by atoms with Gasteiger partial charge in [0, 0.05) is 24.3 Å². The van der Waals surface area contributed by atoms with Crippen LogP contribution in [-0.4, -0.2) is 24.7 Å². The number of carbonyl (C=O) groups excluding carboxylic acids is 1. The molecule has 1 saturated heterocycles. The SMILES string of the molecule is C=C(C)c1ccc(C(F)(F)F)cc1N1CCC(C(=O)OC(C)(C)C)CC1. The van der Waals surface area contributed by atoms with Crippen LogP contribution in [0.4, 0.5) is 18.9 Å². The molecule has 0 spiro atoms. The Bertz CT molecular complexity index is 681. The lowest BCUT2D eigenvalue weighted by Crippen LogP contribution is -2.39. The molecule has 0 unspecified atom stereocenters. The van der Waals surface area contributed by atoms with E-state index in [1.807, 2.05) is 25.7 Å². The number of piperidine rings is 1. The maximum absolute atomic E-state index is 13.1. The van der Waals surface area contributed by atoms with Crippen LogP contribution < -0.4 is 4.90 Å². The molecular weight excluding hydrogens is 343 g/mol. The third kappa shape index (κ3) is 5.02. The first-order valence-electron chi connectivity index (χ1n) is 8.73. The third-order valence-corrected chi connectivity index (χ3v) is 4.36. The maximum atomic E-state index is 13.1. The van der Waals surface area contributed by atoms with Crippen molar-refractivity contribution >= 4 is 17.2 Å². The van der Waals surface area contributed by atoms with Gasteiger partial charge in [-0.1, -0.05) is 12.6 Å². The van der Waals surface area contributed by atoms with Crippen LogP contribution in [0.15, 0.2) is 24.8 Å². The monoisotopic (exact) mass is 369 g/mol. The van der Waals surface area contributed by atoms with Gasteiger partial charge >= 0.3 is 12.1 Å². The summed E-state index contributed by atoms with van der Waals surface area (Å²) >= 11 is 0. The molecule has 0 atom stereocenters. The molecule has 1 aliphatic rings. The number of rotatable bonds is 3. The lowest BCUT2D eigenvalue weighted by Gasteiger charge is -2.35. The van der Waals surface area contributed by atoms with Crippen molar-refractivity contribution in [1.29, 1.82) is 0 Å². The van der Waals surface area contributed by atoms with Gasteiger partial charge in [-0.25, -0.2) is 0 Å². The van der Waals surface area contributed by atoms with E-state index in [4.69, 9.17) is 4.74 Å². The van der Waals surface area contributed by atoms with Crippen molar-refractivity contribution in [2.75, 3.05) is 18.0 Å². The highest BCUT2D eigenvalue weighted by molar-refractivity contribution is 5.76. The number of nitrogens with zero attached hydrogens (tertiary/aromatic N) is 1. The Balaban J connectivity index is 2.18. The second-order valence-electron chi connectivity index (χ2n) is 7.80. The van der Waals surface area contributed by atoms with E-state index in [-0.39, 0.29) is 11.9 Å². The average Bonchev–Trinajstić information content (AvgIpc) is 2.52. The minimum atomic E-state index is -4.39. The fraction of sp³-hybridized carbons (Fsp3) is 0.550. The summed E-state index contributed by atoms with van der Waals surface area (Å²) in [5.41, 5.74) is 0.723. The van der Waals surface area contributed by atoms with Crippen LogP contribution in [0.25, 0.3) is 5.57 Å². The van der Waals surface area contributed by atoms with Gasteiger partial charge < -0.3 is 9.64 Å². The van der Waals surface area contributed by atoms with Gasteiger partial charge in [-0.3, -0.25) is 4.79 Å². The molecule has 1 aromatic carbocycles. The zero-order chi connectivity index (χ0) is 19.7. The van der Waals surface area contributed by atoms with Gasteiger partial charge in [0.2, 0.25) is 0 Å². The molecule has 3 nitrogen and oxygen atoms in total. The molecule has 0 amide bonds. The number of carbonyl (C=O) groups is 1. The summed E-state index contributed by atoms with van der Waals surface area (Å²) in [5, 5.41) is 0. The number of alkyl halides is 3. The molecule has 0 aromatic heterocycles. The summed E-state index contributed by atoms with van der Waals surface area (Å²) in [5.74, 6) is -0.453. The first-order valence-corrected chi connectivity index (χ1v) is 8.73. The molecule has 1 aliphatic heterocycles. The summed E-state index contributed by atoms with van der Waals surface area (Å²) in [6.07, 6.45) is -3.28. The summed E-state index contributed by atoms with van der Waals surface area (Å²) in [7, 11) is 0. The van der Waals surface area contributed by atoms with Crippen LogP contribution in [0.1, 0.15) is 51.7 Å². The van der Waals surface area contributed by atoms with E-state index in [0.29, 0.717) is 42.8 Å². The molecule has 2 rings (SSSR count). The quantitative estimate of drug-likeness (QED) is 0.678. The maximum Gasteiger partial charge on any atom is 0.416 e. The van der Waals surface area contributed by atoms with Gasteiger partial charge in [0.15, 0.2) is 0 Å².